The lowest BCUT2D eigenvalue weighted by atomic mass is 9.85. The van der Waals surface area contributed by atoms with Gasteiger partial charge in [-0.2, -0.15) is 0 Å². The number of hydrogen-bond donors (Lipinski definition) is 1. The van der Waals surface area contributed by atoms with E-state index in [-0.39, 0.29) is 0 Å². The van der Waals surface area contributed by atoms with Gasteiger partial charge in [-0.15, -0.1) is 0 Å². The van der Waals surface area contributed by atoms with Gasteiger partial charge in [0.25, 0.3) is 0 Å². The van der Waals surface area contributed by atoms with Crippen molar-refractivity contribution in [2.75, 3.05) is 27.3 Å². The predicted molar refractivity (Wildman–Crippen MR) is 58.1 cm³/mol. The SMILES string of the molecule is CCCCCC(C)(CNC)COC. The molecule has 0 aromatic heterocycles. The Morgan fingerprint density at radius 3 is 2.46 bits per heavy atom. The molecule has 0 fully saturated rings. The van der Waals surface area contributed by atoms with Gasteiger partial charge in [-0.3, -0.25) is 0 Å². The molecular formula is C11H25NO. The first kappa shape index (κ1) is 12.9. The van der Waals surface area contributed by atoms with Crippen molar-refractivity contribution >= 4 is 0 Å². The quantitative estimate of drug-likeness (QED) is 0.589. The first-order valence-electron chi connectivity index (χ1n) is 5.32. The maximum Gasteiger partial charge on any atom is 0.0528 e. The van der Waals surface area contributed by atoms with Crippen molar-refractivity contribution in [3.8, 4) is 0 Å². The second kappa shape index (κ2) is 7.34. The molecule has 2 nitrogen and oxygen atoms in total. The molecule has 0 radical (unpaired) electrons. The Kier molecular flexibility index (Phi) is 7.29. The van der Waals surface area contributed by atoms with Gasteiger partial charge in [0.2, 0.25) is 0 Å². The van der Waals surface area contributed by atoms with Crippen LogP contribution in [0.25, 0.3) is 0 Å². The topological polar surface area (TPSA) is 21.3 Å². The lowest BCUT2D eigenvalue weighted by Gasteiger charge is -2.28. The zero-order valence-corrected chi connectivity index (χ0v) is 9.65. The molecule has 2 heteroatoms. The van der Waals surface area contributed by atoms with Crippen molar-refractivity contribution in [1.29, 1.82) is 0 Å². The van der Waals surface area contributed by atoms with Crippen LogP contribution in [0.3, 0.4) is 0 Å². The average molecular weight is 187 g/mol. The van der Waals surface area contributed by atoms with Crippen LogP contribution in [0.5, 0.6) is 0 Å². The highest BCUT2D eigenvalue weighted by Gasteiger charge is 2.22. The van der Waals surface area contributed by atoms with Gasteiger partial charge < -0.3 is 10.1 Å². The summed E-state index contributed by atoms with van der Waals surface area (Å²) in [5.74, 6) is 0. The summed E-state index contributed by atoms with van der Waals surface area (Å²) in [5.41, 5.74) is 0.318. The summed E-state index contributed by atoms with van der Waals surface area (Å²) in [6.07, 6.45) is 5.21. The lowest BCUT2D eigenvalue weighted by Crippen LogP contribution is -2.33. The summed E-state index contributed by atoms with van der Waals surface area (Å²) < 4.78 is 5.25. The van der Waals surface area contributed by atoms with Gasteiger partial charge in [0.15, 0.2) is 0 Å². The third-order valence-electron chi connectivity index (χ3n) is 2.48. The smallest absolute Gasteiger partial charge is 0.0528 e. The van der Waals surface area contributed by atoms with Crippen LogP contribution in [0.15, 0.2) is 0 Å². The molecule has 0 heterocycles. The summed E-state index contributed by atoms with van der Waals surface area (Å²) in [7, 11) is 3.79. The minimum atomic E-state index is 0.318. The molecule has 0 amide bonds. The van der Waals surface area contributed by atoms with E-state index in [0.29, 0.717) is 5.41 Å². The van der Waals surface area contributed by atoms with Crippen molar-refractivity contribution in [1.82, 2.24) is 5.32 Å². The summed E-state index contributed by atoms with van der Waals surface area (Å²) in [5, 5.41) is 3.24. The summed E-state index contributed by atoms with van der Waals surface area (Å²) in [4.78, 5) is 0. The normalized spacial score (nSPS) is 15.7. The second-order valence-corrected chi connectivity index (χ2v) is 4.23. The fourth-order valence-corrected chi connectivity index (χ4v) is 1.79. The molecule has 0 rings (SSSR count). The maximum atomic E-state index is 5.25. The number of hydrogen-bond acceptors (Lipinski definition) is 2. The fourth-order valence-electron chi connectivity index (χ4n) is 1.79. The first-order chi connectivity index (χ1) is 6.18. The summed E-state index contributed by atoms with van der Waals surface area (Å²) in [6.45, 7) is 6.44. The highest BCUT2D eigenvalue weighted by Crippen LogP contribution is 2.23. The molecule has 1 N–H and O–H groups in total. The van der Waals surface area contributed by atoms with E-state index in [1.54, 1.807) is 7.11 Å². The monoisotopic (exact) mass is 187 g/mol. The van der Waals surface area contributed by atoms with Crippen molar-refractivity contribution in [3.05, 3.63) is 0 Å². The van der Waals surface area contributed by atoms with Gasteiger partial charge in [0, 0.05) is 19.1 Å². The van der Waals surface area contributed by atoms with E-state index in [1.165, 1.54) is 25.7 Å². The Hall–Kier alpha value is -0.0800. The van der Waals surface area contributed by atoms with Crippen LogP contribution < -0.4 is 5.32 Å². The van der Waals surface area contributed by atoms with E-state index in [4.69, 9.17) is 4.74 Å². The van der Waals surface area contributed by atoms with E-state index >= 15 is 0 Å². The van der Waals surface area contributed by atoms with Crippen molar-refractivity contribution in [3.63, 3.8) is 0 Å². The van der Waals surface area contributed by atoms with Crippen LogP contribution in [0.1, 0.15) is 39.5 Å². The third-order valence-corrected chi connectivity index (χ3v) is 2.48. The van der Waals surface area contributed by atoms with E-state index in [9.17, 15) is 0 Å². The molecule has 0 bridgehead atoms. The molecule has 0 saturated carbocycles. The van der Waals surface area contributed by atoms with Gasteiger partial charge >= 0.3 is 0 Å². The summed E-state index contributed by atoms with van der Waals surface area (Å²) in [6, 6.07) is 0. The van der Waals surface area contributed by atoms with Crippen molar-refractivity contribution in [2.45, 2.75) is 39.5 Å². The minimum Gasteiger partial charge on any atom is -0.384 e. The zero-order valence-electron chi connectivity index (χ0n) is 9.65. The number of nitrogens with one attached hydrogen (secondary N) is 1. The highest BCUT2D eigenvalue weighted by atomic mass is 16.5. The van der Waals surface area contributed by atoms with Crippen LogP contribution in [-0.2, 0) is 4.74 Å². The molecule has 0 aromatic rings. The van der Waals surface area contributed by atoms with E-state index in [2.05, 4.69) is 19.2 Å². The van der Waals surface area contributed by atoms with E-state index in [0.717, 1.165) is 13.2 Å². The zero-order chi connectivity index (χ0) is 10.2. The van der Waals surface area contributed by atoms with Gasteiger partial charge in [0.05, 0.1) is 6.61 Å². The molecule has 0 aliphatic heterocycles. The van der Waals surface area contributed by atoms with Crippen LogP contribution in [-0.4, -0.2) is 27.3 Å². The molecule has 0 spiro atoms. The molecule has 0 aliphatic rings. The Labute approximate surface area is 83.1 Å². The van der Waals surface area contributed by atoms with Gasteiger partial charge in [-0.1, -0.05) is 33.1 Å². The van der Waals surface area contributed by atoms with Crippen molar-refractivity contribution in [2.24, 2.45) is 5.41 Å². The Morgan fingerprint density at radius 2 is 2.00 bits per heavy atom. The highest BCUT2D eigenvalue weighted by molar-refractivity contribution is 4.75. The number of rotatable bonds is 8. The van der Waals surface area contributed by atoms with Crippen LogP contribution in [0.4, 0.5) is 0 Å². The molecule has 1 unspecified atom stereocenters. The average Bonchev–Trinajstić information content (AvgIpc) is 2.05. The standard InChI is InChI=1S/C11H25NO/c1-5-6-7-8-11(2,9-12-3)10-13-4/h12H,5-10H2,1-4H3. The molecule has 13 heavy (non-hydrogen) atoms. The second-order valence-electron chi connectivity index (χ2n) is 4.23. The van der Waals surface area contributed by atoms with Crippen LogP contribution in [0.2, 0.25) is 0 Å². The Balaban J connectivity index is 3.76. The van der Waals surface area contributed by atoms with E-state index < -0.39 is 0 Å². The molecule has 80 valence electrons. The third kappa shape index (κ3) is 6.05. The number of ether oxygens (including phenoxy) is 1. The minimum absolute atomic E-state index is 0.318. The first-order valence-corrected chi connectivity index (χ1v) is 5.32. The van der Waals surface area contributed by atoms with E-state index in [1.807, 2.05) is 7.05 Å². The predicted octanol–water partition coefficient (Wildman–Crippen LogP) is 2.44. The maximum absolute atomic E-state index is 5.25. The number of unbranched alkanes of at least 4 members (excludes halogenated alkanes) is 2. The molecule has 1 atom stereocenters. The van der Waals surface area contributed by atoms with Crippen molar-refractivity contribution < 1.29 is 4.74 Å². The van der Waals surface area contributed by atoms with Gasteiger partial charge in [-0.25, -0.2) is 0 Å². The van der Waals surface area contributed by atoms with Crippen LogP contribution >= 0.6 is 0 Å². The largest absolute Gasteiger partial charge is 0.384 e. The van der Waals surface area contributed by atoms with Gasteiger partial charge in [-0.05, 0) is 13.5 Å². The Bertz CT molecular complexity index is 109. The number of methoxy groups -OCH3 is 1. The molecular weight excluding hydrogens is 162 g/mol. The molecule has 0 saturated heterocycles. The van der Waals surface area contributed by atoms with Gasteiger partial charge in [0.1, 0.15) is 0 Å². The molecule has 0 aromatic carbocycles. The lowest BCUT2D eigenvalue weighted by molar-refractivity contribution is 0.0840. The Morgan fingerprint density at radius 1 is 1.31 bits per heavy atom. The molecule has 0 aliphatic carbocycles. The summed E-state index contributed by atoms with van der Waals surface area (Å²) >= 11 is 0. The van der Waals surface area contributed by atoms with Crippen LogP contribution in [0, 0.1) is 5.41 Å². The fraction of sp³-hybridized carbons (Fsp3) is 1.00.